The Morgan fingerprint density at radius 3 is 0.944 bits per heavy atom. The van der Waals surface area contributed by atoms with Crippen molar-refractivity contribution in [1.29, 1.82) is 0 Å². The Balaban J connectivity index is 4.24. The topological polar surface area (TPSA) is 83.1 Å². The van der Waals surface area contributed by atoms with Gasteiger partial charge in [-0.3, -0.25) is 0 Å². The molecule has 210 valence electrons. The molecule has 12 heteroatoms. The summed E-state index contributed by atoms with van der Waals surface area (Å²) in [6.07, 6.45) is 2.21. The second-order valence-corrected chi connectivity index (χ2v) is 17.8. The zero-order chi connectivity index (χ0) is 27.6. The first kappa shape index (κ1) is 33.5. The molecule has 0 spiro atoms. The van der Waals surface area contributed by atoms with Crippen molar-refractivity contribution in [2.45, 2.75) is 56.7 Å². The highest BCUT2D eigenvalue weighted by Crippen LogP contribution is 2.46. The molecule has 1 aromatic carbocycles. The second kappa shape index (κ2) is 15.2. The zero-order valence-corrected chi connectivity index (χ0v) is 27.3. The van der Waals surface area contributed by atoms with Crippen LogP contribution in [0.5, 0.6) is 0 Å². The molecule has 0 aromatic heterocycles. The number of hydrogen-bond acceptors (Lipinski definition) is 9. The Hall–Kier alpha value is -0.489. The molecule has 0 heterocycles. The van der Waals surface area contributed by atoms with Gasteiger partial charge in [0, 0.05) is 64.0 Å². The largest absolute Gasteiger partial charge is 0.508 e. The van der Waals surface area contributed by atoms with Crippen molar-refractivity contribution in [3.05, 3.63) is 34.9 Å². The van der Waals surface area contributed by atoms with Crippen LogP contribution in [-0.2, 0) is 39.8 Å². The van der Waals surface area contributed by atoms with Crippen LogP contribution in [0.15, 0.2) is 18.2 Å². The summed E-state index contributed by atoms with van der Waals surface area (Å²) in [5.41, 5.74) is 2.74. The van der Waals surface area contributed by atoms with Crippen LogP contribution >= 0.6 is 0 Å². The van der Waals surface area contributed by atoms with Crippen LogP contribution < -0.4 is 0 Å². The van der Waals surface area contributed by atoms with Gasteiger partial charge in [0.1, 0.15) is 0 Å². The van der Waals surface area contributed by atoms with Gasteiger partial charge in [0.15, 0.2) is 0 Å². The van der Waals surface area contributed by atoms with Crippen molar-refractivity contribution in [3.63, 3.8) is 0 Å². The highest BCUT2D eigenvalue weighted by atomic mass is 28.4. The minimum absolute atomic E-state index is 0.139. The molecule has 0 bridgehead atoms. The number of rotatable bonds is 18. The number of hydrogen-bond donors (Lipinski definition) is 0. The first-order chi connectivity index (χ1) is 17.2. The first-order valence-corrected chi connectivity index (χ1v) is 17.7. The lowest BCUT2D eigenvalue weighted by Gasteiger charge is -2.40. The molecule has 0 aliphatic carbocycles. The van der Waals surface area contributed by atoms with Crippen LogP contribution in [0.4, 0.5) is 0 Å². The van der Waals surface area contributed by atoms with Crippen molar-refractivity contribution in [2.75, 3.05) is 64.0 Å². The Labute approximate surface area is 221 Å². The van der Waals surface area contributed by atoms with Gasteiger partial charge in [0.25, 0.3) is 0 Å². The second-order valence-electron chi connectivity index (χ2n) is 8.38. The summed E-state index contributed by atoms with van der Waals surface area (Å²) in [4.78, 5) is 0. The summed E-state index contributed by atoms with van der Waals surface area (Å²) in [7, 11) is 5.48. The molecule has 0 aliphatic heterocycles. The van der Waals surface area contributed by atoms with Crippen LogP contribution in [0.25, 0.3) is 0 Å². The Bertz CT molecular complexity index is 700. The average molecular weight is 565 g/mol. The molecule has 0 aliphatic rings. The molecule has 1 rings (SSSR count). The van der Waals surface area contributed by atoms with Gasteiger partial charge in [0.2, 0.25) is 0 Å². The van der Waals surface area contributed by atoms with Crippen LogP contribution in [0.1, 0.15) is 73.3 Å². The average Bonchev–Trinajstić information content (AvgIpc) is 2.93. The summed E-state index contributed by atoms with van der Waals surface area (Å²) in [5.74, 6) is 0. The lowest BCUT2D eigenvalue weighted by molar-refractivity contribution is 0.106. The summed E-state index contributed by atoms with van der Waals surface area (Å²) in [6.45, 7) is 6.35. The van der Waals surface area contributed by atoms with Crippen molar-refractivity contribution in [3.8, 4) is 0 Å². The van der Waals surface area contributed by atoms with E-state index in [1.807, 2.05) is 0 Å². The highest BCUT2D eigenvalue weighted by molar-refractivity contribution is 6.64. The fourth-order valence-corrected chi connectivity index (χ4v) is 13.1. The maximum Gasteiger partial charge on any atom is 0.508 e. The molecule has 1 aromatic rings. The maximum absolute atomic E-state index is 6.04. The van der Waals surface area contributed by atoms with E-state index >= 15 is 0 Å². The van der Waals surface area contributed by atoms with E-state index in [2.05, 4.69) is 39.0 Å². The predicted molar refractivity (Wildman–Crippen MR) is 146 cm³/mol. The molecular weight excluding hydrogens is 517 g/mol. The summed E-state index contributed by atoms with van der Waals surface area (Å²) in [5, 5.41) is 0. The van der Waals surface area contributed by atoms with Gasteiger partial charge in [-0.15, -0.1) is 0 Å². The minimum Gasteiger partial charge on any atom is -0.376 e. The van der Waals surface area contributed by atoms with Crippen molar-refractivity contribution in [2.24, 2.45) is 0 Å². The van der Waals surface area contributed by atoms with Gasteiger partial charge in [0.05, 0.1) is 16.6 Å². The molecular formula is C24H48O9Si3. The van der Waals surface area contributed by atoms with E-state index in [0.29, 0.717) is 0 Å². The van der Waals surface area contributed by atoms with E-state index in [4.69, 9.17) is 39.8 Å². The standard InChI is InChI=1S/C24H48O9Si3/c1-13-21(34(25-4,26-5)27-6)19-17-16-18-20(22(14-2)35(28-7,29-8)30-9)24(19)23(15-3)36(31-10,32-11)33-12/h16-18,21-23H,13-15H2,1-12H3. The van der Waals surface area contributed by atoms with E-state index < -0.39 is 26.4 Å². The Kier molecular flexibility index (Phi) is 14.2. The van der Waals surface area contributed by atoms with Gasteiger partial charge in [-0.1, -0.05) is 39.0 Å². The molecule has 0 saturated carbocycles. The molecule has 0 fully saturated rings. The normalized spacial score (nSPS) is 15.7. The van der Waals surface area contributed by atoms with Crippen LogP contribution in [0.3, 0.4) is 0 Å². The monoisotopic (exact) mass is 564 g/mol. The summed E-state index contributed by atoms with van der Waals surface area (Å²) in [6, 6.07) is 6.30. The van der Waals surface area contributed by atoms with Gasteiger partial charge in [-0.05, 0) is 36.0 Å². The number of benzene rings is 1. The van der Waals surface area contributed by atoms with E-state index in [-0.39, 0.29) is 16.6 Å². The SMILES string of the molecule is CCC(c1cccc(C(CC)[Si](OC)(OC)OC)c1C(CC)[Si](OC)(OC)OC)[Si](OC)(OC)OC. The molecule has 0 N–H and O–H groups in total. The lowest BCUT2D eigenvalue weighted by Crippen LogP contribution is -2.53. The fourth-order valence-electron chi connectivity index (χ4n) is 5.59. The fraction of sp³-hybridized carbons (Fsp3) is 0.750. The van der Waals surface area contributed by atoms with Gasteiger partial charge >= 0.3 is 26.4 Å². The van der Waals surface area contributed by atoms with E-state index in [9.17, 15) is 0 Å². The van der Waals surface area contributed by atoms with E-state index in [1.54, 1.807) is 64.0 Å². The van der Waals surface area contributed by atoms with Gasteiger partial charge in [-0.25, -0.2) is 0 Å². The highest BCUT2D eigenvalue weighted by Gasteiger charge is 2.55. The molecule has 9 nitrogen and oxygen atoms in total. The molecule has 36 heavy (non-hydrogen) atoms. The van der Waals surface area contributed by atoms with Crippen molar-refractivity contribution >= 4 is 26.4 Å². The first-order valence-electron chi connectivity index (χ1n) is 12.3. The van der Waals surface area contributed by atoms with Gasteiger partial charge < -0.3 is 39.8 Å². The van der Waals surface area contributed by atoms with E-state index in [0.717, 1.165) is 36.0 Å². The van der Waals surface area contributed by atoms with Crippen molar-refractivity contribution < 1.29 is 39.8 Å². The summed E-state index contributed by atoms with van der Waals surface area (Å²) >= 11 is 0. The molecule has 3 unspecified atom stereocenters. The van der Waals surface area contributed by atoms with Crippen molar-refractivity contribution in [1.82, 2.24) is 0 Å². The van der Waals surface area contributed by atoms with Gasteiger partial charge in [-0.2, -0.15) is 0 Å². The smallest absolute Gasteiger partial charge is 0.376 e. The van der Waals surface area contributed by atoms with Crippen LogP contribution in [0, 0.1) is 0 Å². The van der Waals surface area contributed by atoms with Crippen LogP contribution in [-0.4, -0.2) is 90.4 Å². The Morgan fingerprint density at radius 2 is 0.722 bits per heavy atom. The summed E-state index contributed by atoms with van der Waals surface area (Å²) < 4.78 is 54.0. The third-order valence-corrected chi connectivity index (χ3v) is 17.2. The predicted octanol–water partition coefficient (Wildman–Crippen LogP) is 4.42. The minimum atomic E-state index is -3.16. The third kappa shape index (κ3) is 6.05. The quantitative estimate of drug-likeness (QED) is 0.241. The Morgan fingerprint density at radius 1 is 0.472 bits per heavy atom. The molecule has 0 amide bonds. The lowest BCUT2D eigenvalue weighted by atomic mass is 9.91. The maximum atomic E-state index is 6.04. The van der Waals surface area contributed by atoms with Crippen LogP contribution in [0.2, 0.25) is 0 Å². The van der Waals surface area contributed by atoms with E-state index in [1.165, 1.54) is 0 Å². The zero-order valence-electron chi connectivity index (χ0n) is 24.3. The molecule has 3 atom stereocenters. The third-order valence-electron chi connectivity index (χ3n) is 7.34. The molecule has 0 radical (unpaired) electrons. The molecule has 0 saturated heterocycles.